The summed E-state index contributed by atoms with van der Waals surface area (Å²) in [5, 5.41) is 6.77. The van der Waals surface area contributed by atoms with Crippen LogP contribution in [0.4, 0.5) is 23.2 Å². The number of benzene rings is 2. The lowest BCUT2D eigenvalue weighted by atomic mass is 9.91. The molecule has 1 aliphatic heterocycles. The van der Waals surface area contributed by atoms with E-state index in [9.17, 15) is 0 Å². The molecule has 0 spiro atoms. The molecule has 0 saturated heterocycles. The molecule has 9 nitrogen and oxygen atoms in total. The third-order valence-electron chi connectivity index (χ3n) is 7.41. The fourth-order valence-corrected chi connectivity index (χ4v) is 5.99. The topological polar surface area (TPSA) is 99.9 Å². The Morgan fingerprint density at radius 2 is 1.82 bits per heavy atom. The van der Waals surface area contributed by atoms with Crippen molar-refractivity contribution in [1.82, 2.24) is 9.97 Å². The molecule has 3 N–H and O–H groups in total. The molecule has 1 aliphatic carbocycles. The minimum atomic E-state index is 0.330. The maximum atomic E-state index is 5.96. The number of amidine groups is 1. The number of anilines is 4. The fraction of sp³-hybridized carbons (Fsp3) is 0.379. The predicted octanol–water partition coefficient (Wildman–Crippen LogP) is 6.58. The lowest BCUT2D eigenvalue weighted by Gasteiger charge is -2.38. The molecule has 4 aromatic rings. The highest BCUT2D eigenvalue weighted by atomic mass is 79.9. The summed E-state index contributed by atoms with van der Waals surface area (Å²) in [6, 6.07) is 15.0. The van der Waals surface area contributed by atoms with Gasteiger partial charge in [0, 0.05) is 35.2 Å². The van der Waals surface area contributed by atoms with E-state index in [1.165, 1.54) is 0 Å². The summed E-state index contributed by atoms with van der Waals surface area (Å²) in [5.41, 5.74) is 5.59. The number of oxazole rings is 1. The maximum absolute atomic E-state index is 5.96. The summed E-state index contributed by atoms with van der Waals surface area (Å²) < 4.78 is 18.0. The standard InChI is InChI=1S/C29H33BrN6O3/c1-18-15-19(30)16-25-26(18)39-29(35-25)34-21-5-3-20(4-6-21)33-27-24-11-12-31-28(24)36(17-32-27)22-7-9-23(10-8-22)38-14-13-37-2/h3-6,11-12,15-16,22-23,31H,7-10,13-14,17H2,1-2H3,(H,32,33)(H,34,35). The predicted molar refractivity (Wildman–Crippen MR) is 158 cm³/mol. The van der Waals surface area contributed by atoms with E-state index in [1.54, 1.807) is 7.11 Å². The molecule has 2 aromatic heterocycles. The van der Waals surface area contributed by atoms with Gasteiger partial charge in [0.25, 0.3) is 6.01 Å². The molecular formula is C29H33BrN6O3. The quantitative estimate of drug-likeness (QED) is 0.199. The molecule has 2 aromatic carbocycles. The van der Waals surface area contributed by atoms with Gasteiger partial charge in [0.1, 0.15) is 23.8 Å². The number of ether oxygens (including phenoxy) is 2. The van der Waals surface area contributed by atoms with Crippen LogP contribution in [0, 0.1) is 6.92 Å². The van der Waals surface area contributed by atoms with Crippen LogP contribution in [0.5, 0.6) is 0 Å². The molecule has 0 radical (unpaired) electrons. The van der Waals surface area contributed by atoms with Gasteiger partial charge >= 0.3 is 0 Å². The molecule has 10 heteroatoms. The summed E-state index contributed by atoms with van der Waals surface area (Å²) in [6.45, 7) is 3.96. The molecule has 0 unspecified atom stereocenters. The molecule has 0 bridgehead atoms. The molecule has 6 rings (SSSR count). The number of aromatic amines is 1. The number of hydrogen-bond donors (Lipinski definition) is 3. The van der Waals surface area contributed by atoms with Crippen molar-refractivity contribution in [2.24, 2.45) is 4.99 Å². The second-order valence-electron chi connectivity index (χ2n) is 10.1. The minimum Gasteiger partial charge on any atom is -0.423 e. The fourth-order valence-electron chi connectivity index (χ4n) is 5.43. The molecule has 1 fully saturated rings. The monoisotopic (exact) mass is 592 g/mol. The number of methoxy groups -OCH3 is 1. The maximum Gasteiger partial charge on any atom is 0.300 e. The summed E-state index contributed by atoms with van der Waals surface area (Å²) in [5.74, 6) is 2.01. The normalized spacial score (nSPS) is 19.2. The van der Waals surface area contributed by atoms with Crippen LogP contribution in [0.1, 0.15) is 36.8 Å². The zero-order valence-corrected chi connectivity index (χ0v) is 23.8. The van der Waals surface area contributed by atoms with Gasteiger partial charge in [-0.3, -0.25) is 0 Å². The van der Waals surface area contributed by atoms with Crippen molar-refractivity contribution in [3.63, 3.8) is 0 Å². The summed E-state index contributed by atoms with van der Waals surface area (Å²) in [6.07, 6.45) is 6.65. The summed E-state index contributed by atoms with van der Waals surface area (Å²) in [7, 11) is 1.71. The van der Waals surface area contributed by atoms with Gasteiger partial charge in [-0.25, -0.2) is 4.99 Å². The number of halogens is 1. The first kappa shape index (κ1) is 25.9. The second kappa shape index (κ2) is 11.4. The third kappa shape index (κ3) is 5.68. The molecule has 204 valence electrons. The lowest BCUT2D eigenvalue weighted by Crippen LogP contribution is -2.43. The SMILES string of the molecule is COCCOC1CCC(N2CN=C(Nc3ccc(Nc4nc5cc(Br)cc(C)c5o4)cc3)c3cc[nH]c32)CC1. The van der Waals surface area contributed by atoms with Crippen LogP contribution >= 0.6 is 15.9 Å². The number of H-pyrrole nitrogens is 1. The van der Waals surface area contributed by atoms with E-state index in [-0.39, 0.29) is 0 Å². The van der Waals surface area contributed by atoms with Crippen molar-refractivity contribution in [2.75, 3.05) is 42.5 Å². The number of nitrogens with zero attached hydrogens (tertiary/aromatic N) is 3. The second-order valence-corrected chi connectivity index (χ2v) is 11.0. The van der Waals surface area contributed by atoms with Crippen molar-refractivity contribution in [3.05, 3.63) is 64.3 Å². The largest absolute Gasteiger partial charge is 0.423 e. The van der Waals surface area contributed by atoms with Crippen LogP contribution in [0.3, 0.4) is 0 Å². The van der Waals surface area contributed by atoms with Crippen LogP contribution < -0.4 is 15.5 Å². The van der Waals surface area contributed by atoms with E-state index < -0.39 is 0 Å². The van der Waals surface area contributed by atoms with E-state index in [2.05, 4.69) is 47.5 Å². The van der Waals surface area contributed by atoms with E-state index in [0.717, 1.165) is 75.4 Å². The van der Waals surface area contributed by atoms with Gasteiger partial charge in [0.15, 0.2) is 5.58 Å². The number of fused-ring (bicyclic) bond motifs is 2. The highest BCUT2D eigenvalue weighted by Gasteiger charge is 2.31. The highest BCUT2D eigenvalue weighted by molar-refractivity contribution is 9.10. The zero-order valence-electron chi connectivity index (χ0n) is 22.2. The third-order valence-corrected chi connectivity index (χ3v) is 7.87. The van der Waals surface area contributed by atoms with Crippen molar-refractivity contribution in [2.45, 2.75) is 44.8 Å². The van der Waals surface area contributed by atoms with Crippen LogP contribution in [0.2, 0.25) is 0 Å². The minimum absolute atomic E-state index is 0.330. The van der Waals surface area contributed by atoms with Gasteiger partial charge in [0.2, 0.25) is 0 Å². The van der Waals surface area contributed by atoms with E-state index in [0.29, 0.717) is 38.0 Å². The van der Waals surface area contributed by atoms with Gasteiger partial charge in [-0.15, -0.1) is 0 Å². The molecule has 0 amide bonds. The van der Waals surface area contributed by atoms with Crippen molar-refractivity contribution < 1.29 is 13.9 Å². The number of rotatable bonds is 8. The van der Waals surface area contributed by atoms with Gasteiger partial charge in [-0.1, -0.05) is 15.9 Å². The molecule has 39 heavy (non-hydrogen) atoms. The number of aryl methyl sites for hydroxylation is 1. The van der Waals surface area contributed by atoms with Gasteiger partial charge in [0.05, 0.1) is 24.9 Å². The molecule has 0 atom stereocenters. The van der Waals surface area contributed by atoms with E-state index >= 15 is 0 Å². The average molecular weight is 594 g/mol. The Morgan fingerprint density at radius 1 is 1.05 bits per heavy atom. The van der Waals surface area contributed by atoms with E-state index in [1.807, 2.05) is 49.5 Å². The summed E-state index contributed by atoms with van der Waals surface area (Å²) in [4.78, 5) is 15.3. The Hall–Kier alpha value is -3.34. The van der Waals surface area contributed by atoms with Crippen LogP contribution in [0.15, 0.2) is 62.5 Å². The zero-order chi connectivity index (χ0) is 26.8. The van der Waals surface area contributed by atoms with Gasteiger partial charge < -0.3 is 34.4 Å². The molecule has 2 aliphatic rings. The molecular weight excluding hydrogens is 560 g/mol. The first-order chi connectivity index (χ1) is 19.1. The first-order valence-corrected chi connectivity index (χ1v) is 14.2. The Labute approximate surface area is 236 Å². The summed E-state index contributed by atoms with van der Waals surface area (Å²) >= 11 is 3.52. The van der Waals surface area contributed by atoms with Crippen LogP contribution in [-0.2, 0) is 9.47 Å². The molecule has 3 heterocycles. The van der Waals surface area contributed by atoms with Crippen LogP contribution in [0.25, 0.3) is 11.1 Å². The van der Waals surface area contributed by atoms with Crippen molar-refractivity contribution in [1.29, 1.82) is 0 Å². The number of nitrogens with one attached hydrogen (secondary N) is 3. The molecule has 1 saturated carbocycles. The lowest BCUT2D eigenvalue weighted by molar-refractivity contribution is -0.00282. The van der Waals surface area contributed by atoms with Crippen molar-refractivity contribution in [3.8, 4) is 0 Å². The smallest absolute Gasteiger partial charge is 0.300 e. The van der Waals surface area contributed by atoms with Gasteiger partial charge in [-0.2, -0.15) is 4.98 Å². The Bertz CT molecular complexity index is 1460. The average Bonchev–Trinajstić information content (AvgIpc) is 3.59. The Kier molecular flexibility index (Phi) is 7.58. The number of aliphatic imine (C=N–C) groups is 1. The van der Waals surface area contributed by atoms with Crippen LogP contribution in [-0.4, -0.2) is 54.9 Å². The number of hydrogen-bond acceptors (Lipinski definition) is 8. The highest BCUT2D eigenvalue weighted by Crippen LogP contribution is 2.33. The first-order valence-electron chi connectivity index (χ1n) is 13.4. The Morgan fingerprint density at radius 3 is 2.59 bits per heavy atom. The Balaban J connectivity index is 1.08. The van der Waals surface area contributed by atoms with E-state index in [4.69, 9.17) is 18.9 Å². The van der Waals surface area contributed by atoms with Gasteiger partial charge in [-0.05, 0) is 80.6 Å². The van der Waals surface area contributed by atoms with Crippen molar-refractivity contribution >= 4 is 56.1 Å². The number of aromatic nitrogens is 2.